The third-order valence-electron chi connectivity index (χ3n) is 3.44. The Morgan fingerprint density at radius 2 is 2.00 bits per heavy atom. The fraction of sp³-hybridized carbons (Fsp3) is 0.118. The van der Waals surface area contributed by atoms with Gasteiger partial charge in [0, 0.05) is 16.7 Å². The van der Waals surface area contributed by atoms with Gasteiger partial charge < -0.3 is 14.3 Å². The average Bonchev–Trinajstić information content (AvgIpc) is 3.40. The van der Waals surface area contributed by atoms with Crippen LogP contribution in [0.3, 0.4) is 0 Å². The molecule has 26 heavy (non-hydrogen) atoms. The fourth-order valence-electron chi connectivity index (χ4n) is 2.19. The molecule has 1 aromatic carbocycles. The predicted octanol–water partition coefficient (Wildman–Crippen LogP) is 5.34. The highest BCUT2D eigenvalue weighted by Crippen LogP contribution is 2.30. The van der Waals surface area contributed by atoms with Crippen molar-refractivity contribution in [3.63, 3.8) is 0 Å². The minimum Gasteiger partial charge on any atom is -0.467 e. The zero-order valence-corrected chi connectivity index (χ0v) is 15.8. The molecule has 132 valence electrons. The number of furan rings is 1. The third kappa shape index (κ3) is 4.27. The van der Waals surface area contributed by atoms with Crippen molar-refractivity contribution in [1.82, 2.24) is 15.4 Å². The number of hydrogen-bond acceptors (Lipinski definition) is 8. The second kappa shape index (κ2) is 7.94. The van der Waals surface area contributed by atoms with E-state index in [1.807, 2.05) is 42.5 Å². The lowest BCUT2D eigenvalue weighted by Gasteiger charge is -1.96. The first kappa shape index (κ1) is 17.1. The summed E-state index contributed by atoms with van der Waals surface area (Å²) in [5, 5.41) is 17.0. The molecule has 0 saturated heterocycles. The summed E-state index contributed by atoms with van der Waals surface area (Å²) in [7, 11) is 0. The molecule has 9 heteroatoms. The predicted molar refractivity (Wildman–Crippen MR) is 102 cm³/mol. The van der Waals surface area contributed by atoms with Crippen LogP contribution in [0.4, 0.5) is 5.13 Å². The van der Waals surface area contributed by atoms with Crippen molar-refractivity contribution in [2.24, 2.45) is 0 Å². The van der Waals surface area contributed by atoms with E-state index >= 15 is 0 Å². The number of benzene rings is 1. The lowest BCUT2D eigenvalue weighted by molar-refractivity contribution is 0.397. The lowest BCUT2D eigenvalue weighted by Crippen LogP contribution is -1.96. The maximum absolute atomic E-state index is 5.91. The first-order valence-corrected chi connectivity index (χ1v) is 9.88. The number of rotatable bonds is 7. The van der Waals surface area contributed by atoms with Crippen LogP contribution in [0.1, 0.15) is 11.5 Å². The fourth-order valence-corrected chi connectivity index (χ4v) is 3.93. The number of anilines is 1. The Balaban J connectivity index is 1.32. The molecule has 6 nitrogen and oxygen atoms in total. The van der Waals surface area contributed by atoms with E-state index in [1.165, 1.54) is 11.3 Å². The summed E-state index contributed by atoms with van der Waals surface area (Å²) in [5.74, 6) is 2.26. The van der Waals surface area contributed by atoms with E-state index < -0.39 is 0 Å². The molecule has 0 spiro atoms. The van der Waals surface area contributed by atoms with Gasteiger partial charge in [-0.3, -0.25) is 0 Å². The summed E-state index contributed by atoms with van der Waals surface area (Å²) in [6, 6.07) is 13.2. The van der Waals surface area contributed by atoms with Gasteiger partial charge in [-0.05, 0) is 24.3 Å². The standard InChI is InChI=1S/C17H13ClN4O2S2/c18-12-5-3-11(4-6-12)15-8-14(24-22-15)10-25-17-21-20-16(26-17)19-9-13-2-1-7-23-13/h1-8H,9-10H2,(H,19,20). The van der Waals surface area contributed by atoms with Crippen LogP contribution in [0.25, 0.3) is 11.3 Å². The van der Waals surface area contributed by atoms with Gasteiger partial charge >= 0.3 is 0 Å². The molecule has 0 fully saturated rings. The van der Waals surface area contributed by atoms with Crippen LogP contribution in [0.15, 0.2) is 62.0 Å². The van der Waals surface area contributed by atoms with Gasteiger partial charge in [-0.15, -0.1) is 10.2 Å². The van der Waals surface area contributed by atoms with E-state index in [0.717, 1.165) is 32.2 Å². The summed E-state index contributed by atoms with van der Waals surface area (Å²) >= 11 is 8.95. The molecule has 4 aromatic rings. The van der Waals surface area contributed by atoms with E-state index in [9.17, 15) is 0 Å². The number of aromatic nitrogens is 3. The number of hydrogen-bond donors (Lipinski definition) is 1. The Hall–Kier alpha value is -2.29. The van der Waals surface area contributed by atoms with Gasteiger partial charge in [-0.1, -0.05) is 52.0 Å². The van der Waals surface area contributed by atoms with E-state index in [0.29, 0.717) is 17.3 Å². The molecule has 0 aliphatic rings. The summed E-state index contributed by atoms with van der Waals surface area (Å²) in [5.41, 5.74) is 1.75. The van der Waals surface area contributed by atoms with Crippen molar-refractivity contribution in [2.45, 2.75) is 16.6 Å². The number of thioether (sulfide) groups is 1. The number of halogens is 1. The molecule has 0 atom stereocenters. The second-order valence-corrected chi connectivity index (χ2v) is 7.92. The van der Waals surface area contributed by atoms with Gasteiger partial charge in [0.25, 0.3) is 0 Å². The molecule has 0 amide bonds. The van der Waals surface area contributed by atoms with Gasteiger partial charge in [-0.25, -0.2) is 0 Å². The molecule has 1 N–H and O–H groups in total. The zero-order chi connectivity index (χ0) is 17.8. The molecule has 0 aliphatic heterocycles. The van der Waals surface area contributed by atoms with Crippen molar-refractivity contribution in [3.8, 4) is 11.3 Å². The summed E-state index contributed by atoms with van der Waals surface area (Å²) in [6.07, 6.45) is 1.65. The lowest BCUT2D eigenvalue weighted by atomic mass is 10.1. The van der Waals surface area contributed by atoms with E-state index in [4.69, 9.17) is 20.5 Å². The Morgan fingerprint density at radius 1 is 1.12 bits per heavy atom. The molecule has 4 rings (SSSR count). The smallest absolute Gasteiger partial charge is 0.206 e. The molecular weight excluding hydrogens is 392 g/mol. The molecule has 0 saturated carbocycles. The normalized spacial score (nSPS) is 11.0. The quantitative estimate of drug-likeness (QED) is 0.416. The van der Waals surface area contributed by atoms with Crippen molar-refractivity contribution < 1.29 is 8.94 Å². The van der Waals surface area contributed by atoms with Crippen LogP contribution in [-0.2, 0) is 12.3 Å². The van der Waals surface area contributed by atoms with Crippen molar-refractivity contribution in [2.75, 3.05) is 5.32 Å². The first-order chi connectivity index (χ1) is 12.8. The summed E-state index contributed by atoms with van der Waals surface area (Å²) in [6.45, 7) is 0.582. The van der Waals surface area contributed by atoms with Crippen LogP contribution in [-0.4, -0.2) is 15.4 Å². The van der Waals surface area contributed by atoms with Crippen LogP contribution in [0.2, 0.25) is 5.02 Å². The Labute approximate surface area is 162 Å². The minimum absolute atomic E-state index is 0.582. The summed E-state index contributed by atoms with van der Waals surface area (Å²) in [4.78, 5) is 0. The maximum atomic E-state index is 5.91. The van der Waals surface area contributed by atoms with Gasteiger partial charge in [0.05, 0.1) is 18.6 Å². The SMILES string of the molecule is Clc1ccc(-c2cc(CSc3nnc(NCc4ccco4)s3)on2)cc1. The first-order valence-electron chi connectivity index (χ1n) is 7.70. The Morgan fingerprint density at radius 3 is 2.81 bits per heavy atom. The maximum Gasteiger partial charge on any atom is 0.206 e. The Bertz CT molecular complexity index is 967. The van der Waals surface area contributed by atoms with Gasteiger partial charge in [0.2, 0.25) is 5.13 Å². The molecular formula is C17H13ClN4O2S2. The number of nitrogens with one attached hydrogen (secondary N) is 1. The average molecular weight is 405 g/mol. The second-order valence-electron chi connectivity index (χ2n) is 5.28. The van der Waals surface area contributed by atoms with Crippen LogP contribution >= 0.6 is 34.7 Å². The zero-order valence-electron chi connectivity index (χ0n) is 13.4. The van der Waals surface area contributed by atoms with E-state index in [1.54, 1.807) is 18.0 Å². The molecule has 0 bridgehead atoms. The Kier molecular flexibility index (Phi) is 5.24. The van der Waals surface area contributed by atoms with E-state index in [2.05, 4.69) is 20.7 Å². The van der Waals surface area contributed by atoms with Crippen LogP contribution in [0, 0.1) is 0 Å². The number of nitrogens with zero attached hydrogens (tertiary/aromatic N) is 3. The molecule has 0 unspecified atom stereocenters. The van der Waals surface area contributed by atoms with Gasteiger partial charge in [0.15, 0.2) is 4.34 Å². The van der Waals surface area contributed by atoms with E-state index in [-0.39, 0.29) is 0 Å². The van der Waals surface area contributed by atoms with Crippen molar-refractivity contribution in [3.05, 3.63) is 65.3 Å². The molecule has 0 radical (unpaired) electrons. The minimum atomic E-state index is 0.582. The van der Waals surface area contributed by atoms with Gasteiger partial charge in [0.1, 0.15) is 17.2 Å². The highest BCUT2D eigenvalue weighted by molar-refractivity contribution is 8.00. The highest BCUT2D eigenvalue weighted by atomic mass is 35.5. The topological polar surface area (TPSA) is 77.0 Å². The third-order valence-corrected chi connectivity index (χ3v) is 5.73. The highest BCUT2D eigenvalue weighted by Gasteiger charge is 2.10. The molecule has 3 heterocycles. The monoisotopic (exact) mass is 404 g/mol. The van der Waals surface area contributed by atoms with Crippen LogP contribution < -0.4 is 5.32 Å². The molecule has 3 aromatic heterocycles. The van der Waals surface area contributed by atoms with Crippen molar-refractivity contribution in [1.29, 1.82) is 0 Å². The van der Waals surface area contributed by atoms with Gasteiger partial charge in [-0.2, -0.15) is 0 Å². The largest absolute Gasteiger partial charge is 0.467 e. The molecule has 0 aliphatic carbocycles. The summed E-state index contributed by atoms with van der Waals surface area (Å²) < 4.78 is 11.5. The van der Waals surface area contributed by atoms with Crippen molar-refractivity contribution >= 4 is 39.8 Å². The van der Waals surface area contributed by atoms with Crippen LogP contribution in [0.5, 0.6) is 0 Å².